The molecule has 0 aromatic carbocycles. The molecule has 0 bridgehead atoms. The van der Waals surface area contributed by atoms with Crippen molar-refractivity contribution in [1.29, 1.82) is 0 Å². The number of carboxylic acids is 1. The van der Waals surface area contributed by atoms with Crippen LogP contribution < -0.4 is 0 Å². The van der Waals surface area contributed by atoms with Gasteiger partial charge in [0.1, 0.15) is 0 Å². The number of aliphatic carboxylic acids is 1. The molecule has 26 heavy (non-hydrogen) atoms. The Balaban J connectivity index is 3.78. The van der Waals surface area contributed by atoms with Gasteiger partial charge in [0.15, 0.2) is 0 Å². The summed E-state index contributed by atoms with van der Waals surface area (Å²) in [7, 11) is 0. The first-order valence-corrected chi connectivity index (χ1v) is 9.74. The normalized spacial score (nSPS) is 15.2. The summed E-state index contributed by atoms with van der Waals surface area (Å²) in [6.45, 7) is 4.42. The Morgan fingerprint density at radius 2 is 1.65 bits per heavy atom. The van der Waals surface area contributed by atoms with Crippen LogP contribution >= 0.6 is 0 Å². The average Bonchev–Trinajstić information content (AvgIpc) is 2.60. The number of hydrogen-bond acceptors (Lipinski definition) is 2. The lowest BCUT2D eigenvalue weighted by Gasteiger charge is -2.05. The molecule has 2 unspecified atom stereocenters. The third-order valence-corrected chi connectivity index (χ3v) is 3.86. The molecule has 2 atom stereocenters. The van der Waals surface area contributed by atoms with Gasteiger partial charge < -0.3 is 10.2 Å². The maximum absolute atomic E-state index is 10.3. The number of carbonyl (C=O) groups is 1. The van der Waals surface area contributed by atoms with Crippen LogP contribution in [0.2, 0.25) is 0 Å². The predicted octanol–water partition coefficient (Wildman–Crippen LogP) is 5.99. The van der Waals surface area contributed by atoms with Crippen LogP contribution in [0.4, 0.5) is 0 Å². The van der Waals surface area contributed by atoms with Crippen molar-refractivity contribution < 1.29 is 15.0 Å². The Labute approximate surface area is 159 Å². The van der Waals surface area contributed by atoms with Crippen molar-refractivity contribution in [3.63, 3.8) is 0 Å². The second-order valence-electron chi connectivity index (χ2n) is 6.52. The van der Waals surface area contributed by atoms with Crippen molar-refractivity contribution in [2.24, 2.45) is 5.92 Å². The summed E-state index contributed by atoms with van der Waals surface area (Å²) in [4.78, 5) is 10.3. The van der Waals surface area contributed by atoms with E-state index in [2.05, 4.69) is 32.1 Å². The van der Waals surface area contributed by atoms with E-state index in [-0.39, 0.29) is 6.42 Å². The first-order chi connectivity index (χ1) is 12.6. The summed E-state index contributed by atoms with van der Waals surface area (Å²) >= 11 is 0. The Morgan fingerprint density at radius 1 is 0.923 bits per heavy atom. The van der Waals surface area contributed by atoms with E-state index >= 15 is 0 Å². The third-order valence-electron chi connectivity index (χ3n) is 3.86. The molecule has 146 valence electrons. The molecular formula is C23H36O3. The van der Waals surface area contributed by atoms with Crippen molar-refractivity contribution in [2.75, 3.05) is 0 Å². The van der Waals surface area contributed by atoms with Crippen LogP contribution in [-0.2, 0) is 4.79 Å². The number of aliphatic hydroxyl groups is 1. The van der Waals surface area contributed by atoms with Crippen LogP contribution in [0.5, 0.6) is 0 Å². The van der Waals surface area contributed by atoms with Crippen molar-refractivity contribution in [1.82, 2.24) is 0 Å². The molecule has 0 aromatic rings. The van der Waals surface area contributed by atoms with Gasteiger partial charge in [0.05, 0.1) is 6.10 Å². The van der Waals surface area contributed by atoms with E-state index in [1.807, 2.05) is 36.5 Å². The highest BCUT2D eigenvalue weighted by atomic mass is 16.4. The lowest BCUT2D eigenvalue weighted by Crippen LogP contribution is -1.98. The van der Waals surface area contributed by atoms with Crippen LogP contribution in [0.25, 0.3) is 0 Å². The molecule has 2 N–H and O–H groups in total. The van der Waals surface area contributed by atoms with Crippen molar-refractivity contribution in [3.05, 3.63) is 60.8 Å². The average molecular weight is 361 g/mol. The first-order valence-electron chi connectivity index (χ1n) is 9.74. The van der Waals surface area contributed by atoms with E-state index in [0.29, 0.717) is 18.8 Å². The van der Waals surface area contributed by atoms with Gasteiger partial charge in [0.25, 0.3) is 0 Å². The van der Waals surface area contributed by atoms with Gasteiger partial charge in [-0.3, -0.25) is 4.79 Å². The van der Waals surface area contributed by atoms with Crippen LogP contribution in [0.1, 0.15) is 65.2 Å². The fourth-order valence-corrected chi connectivity index (χ4v) is 2.27. The lowest BCUT2D eigenvalue weighted by molar-refractivity contribution is -0.136. The minimum absolute atomic E-state index is 0.173. The second kappa shape index (κ2) is 17.9. The smallest absolute Gasteiger partial charge is 0.303 e. The van der Waals surface area contributed by atoms with E-state index in [1.165, 1.54) is 6.42 Å². The zero-order chi connectivity index (χ0) is 19.5. The highest BCUT2D eigenvalue weighted by Crippen LogP contribution is 2.11. The highest BCUT2D eigenvalue weighted by molar-refractivity contribution is 5.66. The zero-order valence-corrected chi connectivity index (χ0v) is 16.4. The molecule has 0 aliphatic heterocycles. The molecule has 0 heterocycles. The van der Waals surface area contributed by atoms with Crippen LogP contribution in [-0.4, -0.2) is 22.3 Å². The van der Waals surface area contributed by atoms with Gasteiger partial charge in [-0.1, -0.05) is 74.6 Å². The largest absolute Gasteiger partial charge is 0.481 e. The fourth-order valence-electron chi connectivity index (χ4n) is 2.27. The summed E-state index contributed by atoms with van der Waals surface area (Å²) in [6.07, 6.45) is 26.3. The van der Waals surface area contributed by atoms with Crippen LogP contribution in [0.15, 0.2) is 60.8 Å². The summed E-state index contributed by atoms with van der Waals surface area (Å²) in [5.41, 5.74) is 0. The molecule has 0 radical (unpaired) electrons. The maximum Gasteiger partial charge on any atom is 0.303 e. The molecule has 0 rings (SSSR count). The lowest BCUT2D eigenvalue weighted by atomic mass is 10.0. The van der Waals surface area contributed by atoms with Crippen molar-refractivity contribution in [2.45, 2.75) is 71.3 Å². The Morgan fingerprint density at radius 3 is 2.38 bits per heavy atom. The monoisotopic (exact) mass is 360 g/mol. The molecule has 0 aromatic heterocycles. The predicted molar refractivity (Wildman–Crippen MR) is 111 cm³/mol. The van der Waals surface area contributed by atoms with E-state index in [4.69, 9.17) is 5.11 Å². The van der Waals surface area contributed by atoms with Gasteiger partial charge in [0, 0.05) is 6.42 Å². The summed E-state index contributed by atoms with van der Waals surface area (Å²) in [5.74, 6) is -0.0923. The summed E-state index contributed by atoms with van der Waals surface area (Å²) in [5, 5.41) is 18.4. The Kier molecular flexibility index (Phi) is 16.6. The fraction of sp³-hybridized carbons (Fsp3) is 0.522. The van der Waals surface area contributed by atoms with Gasteiger partial charge in [-0.15, -0.1) is 0 Å². The molecule has 0 amide bonds. The maximum atomic E-state index is 10.3. The molecular weight excluding hydrogens is 324 g/mol. The van der Waals surface area contributed by atoms with Gasteiger partial charge >= 0.3 is 5.97 Å². The second-order valence-corrected chi connectivity index (χ2v) is 6.52. The SMILES string of the molecule is CCC=CCCC(C)CC=CC=CC(O)CC=CCC=CCCC(=O)O. The minimum atomic E-state index is -0.771. The molecule has 3 heteroatoms. The number of aliphatic hydroxyl groups excluding tert-OH is 1. The van der Waals surface area contributed by atoms with Crippen molar-refractivity contribution >= 4 is 5.97 Å². The Bertz CT molecular complexity index is 484. The van der Waals surface area contributed by atoms with Crippen LogP contribution in [0, 0.1) is 5.92 Å². The molecule has 3 nitrogen and oxygen atoms in total. The summed E-state index contributed by atoms with van der Waals surface area (Å²) in [6, 6.07) is 0. The van der Waals surface area contributed by atoms with Crippen LogP contribution in [0.3, 0.4) is 0 Å². The highest BCUT2D eigenvalue weighted by Gasteiger charge is 1.97. The van der Waals surface area contributed by atoms with E-state index in [1.54, 1.807) is 6.08 Å². The minimum Gasteiger partial charge on any atom is -0.481 e. The third kappa shape index (κ3) is 18.5. The quantitative estimate of drug-likeness (QED) is 0.278. The Hall–Kier alpha value is -1.87. The first kappa shape index (κ1) is 24.1. The molecule has 0 saturated heterocycles. The molecule has 0 aliphatic rings. The topological polar surface area (TPSA) is 57.5 Å². The molecule has 0 fully saturated rings. The molecule has 0 aliphatic carbocycles. The van der Waals surface area contributed by atoms with Gasteiger partial charge in [-0.2, -0.15) is 0 Å². The number of hydrogen-bond donors (Lipinski definition) is 2. The summed E-state index contributed by atoms with van der Waals surface area (Å²) < 4.78 is 0. The standard InChI is InChI=1S/C23H36O3/c1-3-4-5-11-16-21(2)17-12-10-14-19-22(24)18-13-8-6-7-9-15-20-23(25)26/h4-5,7-10,12-14,19,21-22,24H,3,6,11,15-18,20H2,1-2H3,(H,25,26). The van der Waals surface area contributed by atoms with Gasteiger partial charge in [-0.05, 0) is 50.9 Å². The molecule has 0 saturated carbocycles. The van der Waals surface area contributed by atoms with Crippen molar-refractivity contribution in [3.8, 4) is 0 Å². The van der Waals surface area contributed by atoms with E-state index < -0.39 is 12.1 Å². The number of allylic oxidation sites excluding steroid dienone is 8. The van der Waals surface area contributed by atoms with E-state index in [0.717, 1.165) is 25.7 Å². The van der Waals surface area contributed by atoms with Gasteiger partial charge in [-0.25, -0.2) is 0 Å². The zero-order valence-electron chi connectivity index (χ0n) is 16.4. The molecule has 0 spiro atoms. The number of carboxylic acid groups (broad SMARTS) is 1. The van der Waals surface area contributed by atoms with E-state index in [9.17, 15) is 9.90 Å². The number of rotatable bonds is 15. The van der Waals surface area contributed by atoms with Gasteiger partial charge in [0.2, 0.25) is 0 Å².